The molecule has 3 rings (SSSR count). The lowest BCUT2D eigenvalue weighted by Crippen LogP contribution is -2.14. The van der Waals surface area contributed by atoms with Crippen LogP contribution in [0.3, 0.4) is 0 Å². The molecule has 0 bridgehead atoms. The van der Waals surface area contributed by atoms with Gasteiger partial charge in [-0.1, -0.05) is 64.1 Å². The second-order valence-corrected chi connectivity index (χ2v) is 7.45. The van der Waals surface area contributed by atoms with E-state index in [-0.39, 0.29) is 13.2 Å². The number of hydrogen-bond acceptors (Lipinski definition) is 6. The van der Waals surface area contributed by atoms with E-state index in [4.69, 9.17) is 18.9 Å². The molecule has 0 radical (unpaired) electrons. The van der Waals surface area contributed by atoms with Crippen LogP contribution >= 0.6 is 0 Å². The van der Waals surface area contributed by atoms with Crippen molar-refractivity contribution in [3.8, 4) is 11.5 Å². The van der Waals surface area contributed by atoms with Crippen molar-refractivity contribution in [2.45, 2.75) is 53.4 Å². The second-order valence-electron chi connectivity index (χ2n) is 7.45. The number of rotatable bonds is 8. The third kappa shape index (κ3) is 4.79. The molecule has 0 saturated carbocycles. The monoisotopic (exact) mass is 438 g/mol. The molecular formula is C26H30O6. The summed E-state index contributed by atoms with van der Waals surface area (Å²) in [5.41, 5.74) is 1.94. The summed E-state index contributed by atoms with van der Waals surface area (Å²) in [6.07, 6.45) is 1.30. The summed E-state index contributed by atoms with van der Waals surface area (Å²) in [4.78, 5) is 24.9. The van der Waals surface area contributed by atoms with Crippen LogP contribution in [0.25, 0.3) is 21.5 Å². The van der Waals surface area contributed by atoms with Gasteiger partial charge in [-0.25, -0.2) is 9.59 Å². The Balaban J connectivity index is 2.33. The summed E-state index contributed by atoms with van der Waals surface area (Å²) >= 11 is 0. The lowest BCUT2D eigenvalue weighted by Gasteiger charge is -2.19. The predicted molar refractivity (Wildman–Crippen MR) is 125 cm³/mol. The number of ether oxygens (including phenoxy) is 4. The Hall–Kier alpha value is -3.28. The van der Waals surface area contributed by atoms with E-state index in [0.29, 0.717) is 48.0 Å². The van der Waals surface area contributed by atoms with Crippen LogP contribution in [-0.4, -0.2) is 25.5 Å². The molecule has 0 saturated heterocycles. The lowest BCUT2D eigenvalue weighted by atomic mass is 9.93. The fourth-order valence-electron chi connectivity index (χ4n) is 3.78. The van der Waals surface area contributed by atoms with Gasteiger partial charge >= 0.3 is 12.3 Å². The van der Waals surface area contributed by atoms with Crippen molar-refractivity contribution in [2.75, 3.05) is 13.2 Å². The van der Waals surface area contributed by atoms with Crippen molar-refractivity contribution in [3.63, 3.8) is 0 Å². The molecule has 0 fully saturated rings. The normalized spacial score (nSPS) is 10.9. The van der Waals surface area contributed by atoms with E-state index in [0.717, 1.165) is 21.9 Å². The summed E-state index contributed by atoms with van der Waals surface area (Å²) in [5, 5.41) is 2.82. The Labute approximate surface area is 188 Å². The van der Waals surface area contributed by atoms with Crippen molar-refractivity contribution < 1.29 is 28.5 Å². The van der Waals surface area contributed by atoms with Crippen LogP contribution < -0.4 is 9.47 Å². The summed E-state index contributed by atoms with van der Waals surface area (Å²) in [6.45, 7) is 8.45. The molecule has 0 aromatic heterocycles. The minimum Gasteiger partial charge on any atom is -0.434 e. The average molecular weight is 439 g/mol. The molecule has 0 aliphatic rings. The molecule has 0 aliphatic heterocycles. The van der Waals surface area contributed by atoms with Gasteiger partial charge in [0.25, 0.3) is 0 Å². The Morgan fingerprint density at radius 3 is 1.41 bits per heavy atom. The Bertz CT molecular complexity index is 1030. The van der Waals surface area contributed by atoms with Crippen LogP contribution in [0.1, 0.15) is 51.7 Å². The third-order valence-electron chi connectivity index (χ3n) is 5.23. The SMILES string of the molecule is CCCOC(=O)Oc1c2cccc(CC)c2c(OC(=O)OCCC)c2cccc(CC)c12. The van der Waals surface area contributed by atoms with Gasteiger partial charge in [0.05, 0.1) is 13.2 Å². The molecule has 0 N–H and O–H groups in total. The fourth-order valence-corrected chi connectivity index (χ4v) is 3.78. The molecule has 6 nitrogen and oxygen atoms in total. The van der Waals surface area contributed by atoms with E-state index in [2.05, 4.69) is 0 Å². The zero-order valence-electron chi connectivity index (χ0n) is 19.2. The Morgan fingerprint density at radius 1 is 0.656 bits per heavy atom. The van der Waals surface area contributed by atoms with Gasteiger partial charge in [0.1, 0.15) is 0 Å². The predicted octanol–water partition coefficient (Wildman–Crippen LogP) is 6.97. The summed E-state index contributed by atoms with van der Waals surface area (Å²) in [5.74, 6) is 0.830. The maximum atomic E-state index is 12.4. The topological polar surface area (TPSA) is 71.1 Å². The highest BCUT2D eigenvalue weighted by atomic mass is 16.7. The highest BCUT2D eigenvalue weighted by molar-refractivity contribution is 6.14. The molecule has 3 aromatic rings. The Kier molecular flexibility index (Phi) is 7.92. The van der Waals surface area contributed by atoms with Gasteiger partial charge in [-0.2, -0.15) is 0 Å². The maximum Gasteiger partial charge on any atom is 0.513 e. The van der Waals surface area contributed by atoms with E-state index in [1.54, 1.807) is 0 Å². The van der Waals surface area contributed by atoms with Crippen LogP contribution in [0.5, 0.6) is 11.5 Å². The minimum atomic E-state index is -0.752. The van der Waals surface area contributed by atoms with Gasteiger partial charge < -0.3 is 18.9 Å². The van der Waals surface area contributed by atoms with Crippen molar-refractivity contribution >= 4 is 33.9 Å². The zero-order valence-corrected chi connectivity index (χ0v) is 19.2. The molecule has 3 aromatic carbocycles. The largest absolute Gasteiger partial charge is 0.513 e. The highest BCUT2D eigenvalue weighted by Crippen LogP contribution is 2.46. The minimum absolute atomic E-state index is 0.278. The molecule has 0 aliphatic carbocycles. The standard InChI is InChI=1S/C26H30O6/c1-5-15-29-25(27)31-23-19-13-9-12-18(8-4)22(19)24(32-26(28)30-16-6-2)20-14-10-11-17(7-3)21(20)23/h9-14H,5-8,15-16H2,1-4H3. The molecule has 32 heavy (non-hydrogen) atoms. The van der Waals surface area contributed by atoms with E-state index in [1.807, 2.05) is 64.1 Å². The van der Waals surface area contributed by atoms with Gasteiger partial charge in [-0.05, 0) is 36.8 Å². The first-order valence-electron chi connectivity index (χ1n) is 11.2. The number of aryl methyl sites for hydroxylation is 2. The molecule has 0 amide bonds. The number of benzene rings is 3. The van der Waals surface area contributed by atoms with Crippen LogP contribution in [0.15, 0.2) is 36.4 Å². The Morgan fingerprint density at radius 2 is 1.06 bits per heavy atom. The van der Waals surface area contributed by atoms with Crippen LogP contribution in [0.4, 0.5) is 9.59 Å². The van der Waals surface area contributed by atoms with Crippen LogP contribution in [-0.2, 0) is 22.3 Å². The molecule has 0 atom stereocenters. The first-order chi connectivity index (χ1) is 15.5. The van der Waals surface area contributed by atoms with Gasteiger partial charge in [0.2, 0.25) is 0 Å². The fraction of sp³-hybridized carbons (Fsp3) is 0.385. The molecule has 0 unspecified atom stereocenters. The first kappa shape index (κ1) is 23.4. The molecule has 0 spiro atoms. The number of hydrogen-bond donors (Lipinski definition) is 0. The zero-order chi connectivity index (χ0) is 23.1. The van der Waals surface area contributed by atoms with Crippen LogP contribution in [0.2, 0.25) is 0 Å². The van der Waals surface area contributed by atoms with E-state index in [1.165, 1.54) is 0 Å². The van der Waals surface area contributed by atoms with Crippen LogP contribution in [0, 0.1) is 0 Å². The molecular weight excluding hydrogens is 408 g/mol. The van der Waals surface area contributed by atoms with Crippen molar-refractivity contribution in [1.82, 2.24) is 0 Å². The van der Waals surface area contributed by atoms with Crippen molar-refractivity contribution in [2.24, 2.45) is 0 Å². The van der Waals surface area contributed by atoms with E-state index in [9.17, 15) is 9.59 Å². The second kappa shape index (κ2) is 10.8. The average Bonchev–Trinajstić information content (AvgIpc) is 2.82. The third-order valence-corrected chi connectivity index (χ3v) is 5.23. The number of carbonyl (C=O) groups excluding carboxylic acids is 2. The summed E-state index contributed by atoms with van der Waals surface area (Å²) in [6, 6.07) is 11.5. The molecule has 6 heteroatoms. The number of carbonyl (C=O) groups is 2. The molecule has 170 valence electrons. The highest BCUT2D eigenvalue weighted by Gasteiger charge is 2.24. The summed E-state index contributed by atoms with van der Waals surface area (Å²) < 4.78 is 21.9. The van der Waals surface area contributed by atoms with Crippen molar-refractivity contribution in [3.05, 3.63) is 47.5 Å². The first-order valence-corrected chi connectivity index (χ1v) is 11.2. The summed E-state index contributed by atoms with van der Waals surface area (Å²) in [7, 11) is 0. The van der Waals surface area contributed by atoms with E-state index >= 15 is 0 Å². The molecule has 0 heterocycles. The van der Waals surface area contributed by atoms with Gasteiger partial charge in [-0.3, -0.25) is 0 Å². The number of fused-ring (bicyclic) bond motifs is 2. The van der Waals surface area contributed by atoms with Gasteiger partial charge in [-0.15, -0.1) is 0 Å². The quantitative estimate of drug-likeness (QED) is 0.215. The van der Waals surface area contributed by atoms with Gasteiger partial charge in [0, 0.05) is 21.5 Å². The van der Waals surface area contributed by atoms with E-state index < -0.39 is 12.3 Å². The smallest absolute Gasteiger partial charge is 0.434 e. The maximum absolute atomic E-state index is 12.4. The lowest BCUT2D eigenvalue weighted by molar-refractivity contribution is 0.0984. The van der Waals surface area contributed by atoms with Gasteiger partial charge in [0.15, 0.2) is 11.5 Å². The van der Waals surface area contributed by atoms with Crippen molar-refractivity contribution in [1.29, 1.82) is 0 Å².